The third-order valence-electron chi connectivity index (χ3n) is 5.84. The molecular weight excluding hydrogens is 462 g/mol. The summed E-state index contributed by atoms with van der Waals surface area (Å²) in [5.74, 6) is 0.804. The number of aromatic nitrogens is 2. The van der Waals surface area contributed by atoms with Gasteiger partial charge in [0, 0.05) is 13.1 Å². The van der Waals surface area contributed by atoms with E-state index in [2.05, 4.69) is 10.4 Å². The molecule has 1 aliphatic rings. The fraction of sp³-hybridized carbons (Fsp3) is 0.423. The Hall–Kier alpha value is -3.79. The summed E-state index contributed by atoms with van der Waals surface area (Å²) in [5.41, 5.74) is 8.31. The second-order valence-electron chi connectivity index (χ2n) is 9.70. The Morgan fingerprint density at radius 2 is 1.94 bits per heavy atom. The van der Waals surface area contributed by atoms with Crippen LogP contribution in [0.2, 0.25) is 0 Å². The highest BCUT2D eigenvalue weighted by atomic mass is 16.6. The highest BCUT2D eigenvalue weighted by molar-refractivity contribution is 5.94. The lowest BCUT2D eigenvalue weighted by Gasteiger charge is -2.35. The van der Waals surface area contributed by atoms with E-state index >= 15 is 0 Å². The molecule has 0 radical (unpaired) electrons. The summed E-state index contributed by atoms with van der Waals surface area (Å²) in [6, 6.07) is 12.8. The molecule has 2 amide bonds. The molecule has 2 aromatic carbocycles. The van der Waals surface area contributed by atoms with Crippen molar-refractivity contribution in [1.82, 2.24) is 20.0 Å². The van der Waals surface area contributed by atoms with E-state index in [1.165, 1.54) is 4.90 Å². The number of nitrogens with one attached hydrogen (secondary N) is 1. The van der Waals surface area contributed by atoms with Crippen molar-refractivity contribution in [2.24, 2.45) is 0 Å². The highest BCUT2D eigenvalue weighted by Gasteiger charge is 2.35. The number of nitrogens with two attached hydrogens (primary N) is 1. The van der Waals surface area contributed by atoms with Crippen LogP contribution in [0, 0.1) is 0 Å². The van der Waals surface area contributed by atoms with Crippen molar-refractivity contribution in [3.63, 3.8) is 0 Å². The third kappa shape index (κ3) is 5.71. The van der Waals surface area contributed by atoms with Gasteiger partial charge in [-0.25, -0.2) is 4.79 Å². The van der Waals surface area contributed by atoms with Crippen LogP contribution in [0.15, 0.2) is 42.5 Å². The molecule has 1 atom stereocenters. The van der Waals surface area contributed by atoms with E-state index in [0.29, 0.717) is 37.8 Å². The molecule has 1 aromatic heterocycles. The minimum atomic E-state index is -0.745. The largest absolute Gasteiger partial charge is 0.496 e. The van der Waals surface area contributed by atoms with Gasteiger partial charge in [-0.3, -0.25) is 14.4 Å². The quantitative estimate of drug-likeness (QED) is 0.539. The summed E-state index contributed by atoms with van der Waals surface area (Å²) < 4.78 is 18.2. The fourth-order valence-corrected chi connectivity index (χ4v) is 4.19. The molecule has 2 heterocycles. The molecule has 1 fully saturated rings. The van der Waals surface area contributed by atoms with Crippen LogP contribution in [0.1, 0.15) is 31.9 Å². The fourth-order valence-electron chi connectivity index (χ4n) is 4.19. The topological polar surface area (TPSA) is 121 Å². The first kappa shape index (κ1) is 25.3. The zero-order valence-corrected chi connectivity index (χ0v) is 21.1. The summed E-state index contributed by atoms with van der Waals surface area (Å²) >= 11 is 0. The number of hydrogen-bond donors (Lipinski definition) is 2. The molecule has 0 saturated carbocycles. The van der Waals surface area contributed by atoms with E-state index in [1.807, 2.05) is 47.1 Å². The van der Waals surface area contributed by atoms with Gasteiger partial charge in [-0.05, 0) is 44.0 Å². The molecule has 192 valence electrons. The van der Waals surface area contributed by atoms with Crippen molar-refractivity contribution in [1.29, 1.82) is 0 Å². The van der Waals surface area contributed by atoms with Gasteiger partial charge in [0.05, 0.1) is 37.8 Å². The molecule has 1 aliphatic heterocycles. The maximum Gasteiger partial charge on any atom is 0.411 e. The standard InChI is InChI=1S/C26H33N5O5/c1-26(2,3)36-25(33)30-11-12-35-16-20(30)24(32)28-14-17-7-5-8-18(13-17)15-31-19-9-6-10-21(34-4)22(19)23(27)29-31/h5-10,13,20H,11-12,14-16H2,1-4H3,(H2,27,29)(H,28,32)/t20-/m1/s1. The molecule has 10 heteroatoms. The first-order valence-corrected chi connectivity index (χ1v) is 11.9. The predicted molar refractivity (Wildman–Crippen MR) is 136 cm³/mol. The smallest absolute Gasteiger partial charge is 0.411 e. The van der Waals surface area contributed by atoms with Crippen molar-refractivity contribution in [2.75, 3.05) is 32.6 Å². The van der Waals surface area contributed by atoms with Crippen molar-refractivity contribution in [3.05, 3.63) is 53.6 Å². The van der Waals surface area contributed by atoms with Crippen LogP contribution in [-0.4, -0.2) is 65.2 Å². The van der Waals surface area contributed by atoms with E-state index < -0.39 is 17.7 Å². The zero-order chi connectivity index (χ0) is 25.9. The third-order valence-corrected chi connectivity index (χ3v) is 5.84. The molecule has 3 aromatic rings. The molecule has 0 aliphatic carbocycles. The van der Waals surface area contributed by atoms with Crippen molar-refractivity contribution in [2.45, 2.75) is 45.5 Å². The number of nitrogens with zero attached hydrogens (tertiary/aromatic N) is 3. The maximum absolute atomic E-state index is 13.0. The Bertz CT molecular complexity index is 1250. The van der Waals surface area contributed by atoms with E-state index in [-0.39, 0.29) is 12.5 Å². The highest BCUT2D eigenvalue weighted by Crippen LogP contribution is 2.30. The summed E-state index contributed by atoms with van der Waals surface area (Å²) in [5, 5.41) is 8.20. The number of hydrogen-bond acceptors (Lipinski definition) is 7. The number of methoxy groups -OCH3 is 1. The van der Waals surface area contributed by atoms with Crippen molar-refractivity contribution < 1.29 is 23.8 Å². The van der Waals surface area contributed by atoms with Crippen LogP contribution in [0.5, 0.6) is 5.75 Å². The number of amides is 2. The predicted octanol–water partition coefficient (Wildman–Crippen LogP) is 2.93. The van der Waals surface area contributed by atoms with Gasteiger partial charge in [-0.15, -0.1) is 0 Å². The van der Waals surface area contributed by atoms with Gasteiger partial charge in [0.1, 0.15) is 17.4 Å². The van der Waals surface area contributed by atoms with E-state index in [9.17, 15) is 9.59 Å². The number of fused-ring (bicyclic) bond motifs is 1. The number of ether oxygens (including phenoxy) is 3. The van der Waals surface area contributed by atoms with E-state index in [4.69, 9.17) is 19.9 Å². The van der Waals surface area contributed by atoms with Crippen LogP contribution >= 0.6 is 0 Å². The molecule has 36 heavy (non-hydrogen) atoms. The summed E-state index contributed by atoms with van der Waals surface area (Å²) in [7, 11) is 1.61. The van der Waals surface area contributed by atoms with Crippen LogP contribution in [0.3, 0.4) is 0 Å². The number of morpholine rings is 1. The molecule has 10 nitrogen and oxygen atoms in total. The van der Waals surface area contributed by atoms with Gasteiger partial charge in [0.15, 0.2) is 5.82 Å². The lowest BCUT2D eigenvalue weighted by Crippen LogP contribution is -2.56. The van der Waals surface area contributed by atoms with Gasteiger partial charge >= 0.3 is 6.09 Å². The zero-order valence-electron chi connectivity index (χ0n) is 21.1. The second-order valence-corrected chi connectivity index (χ2v) is 9.70. The van der Waals surface area contributed by atoms with Crippen LogP contribution < -0.4 is 15.8 Å². The Balaban J connectivity index is 1.43. The monoisotopic (exact) mass is 495 g/mol. The number of nitrogen functional groups attached to an aromatic ring is 1. The van der Waals surface area contributed by atoms with Gasteiger partial charge in [-0.2, -0.15) is 5.10 Å². The second kappa shape index (κ2) is 10.4. The SMILES string of the molecule is COc1cccc2c1c(N)nn2Cc1cccc(CNC(=O)[C@H]2COCCN2C(=O)OC(C)(C)C)c1. The van der Waals surface area contributed by atoms with Crippen molar-refractivity contribution in [3.8, 4) is 5.75 Å². The van der Waals surface area contributed by atoms with E-state index in [0.717, 1.165) is 22.0 Å². The Morgan fingerprint density at radius 1 is 1.19 bits per heavy atom. The molecular formula is C26H33N5O5. The lowest BCUT2D eigenvalue weighted by atomic mass is 10.1. The Labute approximate surface area is 210 Å². The van der Waals surface area contributed by atoms with Crippen LogP contribution in [0.4, 0.5) is 10.6 Å². The lowest BCUT2D eigenvalue weighted by molar-refractivity contribution is -0.132. The molecule has 0 spiro atoms. The average Bonchev–Trinajstić information content (AvgIpc) is 3.17. The molecule has 0 bridgehead atoms. The van der Waals surface area contributed by atoms with E-state index in [1.54, 1.807) is 27.9 Å². The average molecular weight is 496 g/mol. The van der Waals surface area contributed by atoms with Crippen LogP contribution in [-0.2, 0) is 27.4 Å². The van der Waals surface area contributed by atoms with Crippen molar-refractivity contribution >= 4 is 28.7 Å². The first-order chi connectivity index (χ1) is 17.2. The van der Waals surface area contributed by atoms with Gasteiger partial charge in [0.2, 0.25) is 5.91 Å². The molecule has 0 unspecified atom stereocenters. The minimum absolute atomic E-state index is 0.127. The summed E-state index contributed by atoms with van der Waals surface area (Å²) in [4.78, 5) is 27.0. The number of carbonyl (C=O) groups excluding carboxylic acids is 2. The summed E-state index contributed by atoms with van der Waals surface area (Å²) in [6.45, 7) is 6.99. The Kier molecular flexibility index (Phi) is 7.35. The number of anilines is 1. The maximum atomic E-state index is 13.0. The normalized spacial score (nSPS) is 16.1. The molecule has 4 rings (SSSR count). The first-order valence-electron chi connectivity index (χ1n) is 11.9. The van der Waals surface area contributed by atoms with Gasteiger partial charge in [0.25, 0.3) is 0 Å². The number of carbonyl (C=O) groups is 2. The summed E-state index contributed by atoms with van der Waals surface area (Å²) in [6.07, 6.45) is -0.518. The van der Waals surface area contributed by atoms with Crippen LogP contribution in [0.25, 0.3) is 10.9 Å². The van der Waals surface area contributed by atoms with Gasteiger partial charge < -0.3 is 25.3 Å². The number of benzene rings is 2. The van der Waals surface area contributed by atoms with Gasteiger partial charge in [-0.1, -0.05) is 30.3 Å². The minimum Gasteiger partial charge on any atom is -0.496 e. The number of rotatable bonds is 6. The Morgan fingerprint density at radius 3 is 2.69 bits per heavy atom. The molecule has 3 N–H and O–H groups in total. The molecule has 1 saturated heterocycles.